The van der Waals surface area contributed by atoms with E-state index in [9.17, 15) is 0 Å². The van der Waals surface area contributed by atoms with Crippen LogP contribution in [0.2, 0.25) is 0 Å². The molecule has 0 aliphatic rings. The fraction of sp³-hybridized carbons (Fsp3) is 0.600. The standard InChI is InChI=1S/C10H19N5O2/c1-6(5-16)14(3)10-8(9(11)13-17)7(2)12-15(10)4/h6,16-17H,5H2,1-4H3,(H2,11,13). The van der Waals surface area contributed by atoms with E-state index in [1.807, 2.05) is 18.9 Å². The van der Waals surface area contributed by atoms with Gasteiger partial charge in [0.05, 0.1) is 23.9 Å². The maximum atomic E-state index is 9.17. The van der Waals surface area contributed by atoms with Crippen LogP contribution in [0.3, 0.4) is 0 Å². The number of anilines is 1. The number of aliphatic hydroxyl groups is 1. The largest absolute Gasteiger partial charge is 0.409 e. The first-order chi connectivity index (χ1) is 7.93. The van der Waals surface area contributed by atoms with E-state index in [1.165, 1.54) is 0 Å². The molecule has 1 atom stereocenters. The normalized spacial score (nSPS) is 13.8. The molecule has 0 aliphatic heterocycles. The molecule has 17 heavy (non-hydrogen) atoms. The molecule has 0 fully saturated rings. The molecular weight excluding hydrogens is 222 g/mol. The van der Waals surface area contributed by atoms with Crippen molar-refractivity contribution in [1.29, 1.82) is 0 Å². The van der Waals surface area contributed by atoms with Crippen LogP contribution in [0.25, 0.3) is 0 Å². The number of nitrogens with zero attached hydrogens (tertiary/aromatic N) is 4. The second-order valence-corrected chi connectivity index (χ2v) is 4.04. The summed E-state index contributed by atoms with van der Waals surface area (Å²) in [5.74, 6) is 0.724. The van der Waals surface area contributed by atoms with Crippen molar-refractivity contribution in [2.75, 3.05) is 18.6 Å². The second kappa shape index (κ2) is 5.05. The molecule has 7 heteroatoms. The highest BCUT2D eigenvalue weighted by Crippen LogP contribution is 2.23. The molecule has 4 N–H and O–H groups in total. The van der Waals surface area contributed by atoms with Gasteiger partial charge in [0.1, 0.15) is 5.82 Å². The molecule has 0 spiro atoms. The minimum absolute atomic E-state index is 0.0103. The molecule has 96 valence electrons. The number of hydrogen-bond acceptors (Lipinski definition) is 5. The van der Waals surface area contributed by atoms with Crippen molar-refractivity contribution in [2.45, 2.75) is 19.9 Å². The van der Waals surface area contributed by atoms with Crippen molar-refractivity contribution in [3.05, 3.63) is 11.3 Å². The van der Waals surface area contributed by atoms with E-state index in [2.05, 4.69) is 10.3 Å². The Morgan fingerprint density at radius 1 is 1.65 bits per heavy atom. The quantitative estimate of drug-likeness (QED) is 0.289. The van der Waals surface area contributed by atoms with Crippen molar-refractivity contribution in [3.8, 4) is 0 Å². The number of rotatable bonds is 4. The molecule has 1 heterocycles. The van der Waals surface area contributed by atoms with Crippen molar-refractivity contribution < 1.29 is 10.3 Å². The highest BCUT2D eigenvalue weighted by Gasteiger charge is 2.22. The van der Waals surface area contributed by atoms with Gasteiger partial charge in [-0.1, -0.05) is 5.16 Å². The van der Waals surface area contributed by atoms with Gasteiger partial charge in [-0.2, -0.15) is 5.10 Å². The van der Waals surface area contributed by atoms with Crippen LogP contribution in [0.1, 0.15) is 18.2 Å². The maximum Gasteiger partial charge on any atom is 0.175 e. The van der Waals surface area contributed by atoms with E-state index < -0.39 is 0 Å². The molecule has 0 aliphatic carbocycles. The number of aryl methyl sites for hydroxylation is 2. The molecule has 1 rings (SSSR count). The monoisotopic (exact) mass is 241 g/mol. The molecule has 0 amide bonds. The molecular formula is C10H19N5O2. The molecule has 1 aromatic heterocycles. The fourth-order valence-electron chi connectivity index (χ4n) is 1.73. The van der Waals surface area contributed by atoms with Crippen LogP contribution in [0.15, 0.2) is 5.16 Å². The molecule has 1 aromatic rings. The summed E-state index contributed by atoms with van der Waals surface area (Å²) >= 11 is 0. The number of amidine groups is 1. The lowest BCUT2D eigenvalue weighted by atomic mass is 10.2. The van der Waals surface area contributed by atoms with Crippen molar-refractivity contribution in [1.82, 2.24) is 9.78 Å². The van der Waals surface area contributed by atoms with Gasteiger partial charge in [-0.05, 0) is 13.8 Å². The number of nitrogens with two attached hydrogens (primary N) is 1. The number of hydrogen-bond donors (Lipinski definition) is 3. The van der Waals surface area contributed by atoms with Gasteiger partial charge in [0, 0.05) is 14.1 Å². The van der Waals surface area contributed by atoms with Gasteiger partial charge < -0.3 is 20.9 Å². The minimum atomic E-state index is -0.0879. The Bertz CT molecular complexity index is 427. The van der Waals surface area contributed by atoms with E-state index in [-0.39, 0.29) is 18.5 Å². The predicted octanol–water partition coefficient (Wildman–Crippen LogP) is -0.360. The maximum absolute atomic E-state index is 9.17. The summed E-state index contributed by atoms with van der Waals surface area (Å²) in [6, 6.07) is -0.0879. The summed E-state index contributed by atoms with van der Waals surface area (Å²) in [7, 11) is 3.60. The zero-order chi connectivity index (χ0) is 13.2. The van der Waals surface area contributed by atoms with Crippen molar-refractivity contribution >= 4 is 11.7 Å². The number of likely N-dealkylation sites (N-methyl/N-ethyl adjacent to an activating group) is 1. The zero-order valence-corrected chi connectivity index (χ0v) is 10.5. The highest BCUT2D eigenvalue weighted by atomic mass is 16.4. The van der Waals surface area contributed by atoms with Crippen LogP contribution in [0, 0.1) is 6.92 Å². The summed E-state index contributed by atoms with van der Waals surface area (Å²) in [5, 5.41) is 25.2. The number of aromatic nitrogens is 2. The Morgan fingerprint density at radius 2 is 2.24 bits per heavy atom. The van der Waals surface area contributed by atoms with Gasteiger partial charge in [-0.3, -0.25) is 4.68 Å². The third kappa shape index (κ3) is 2.33. The molecule has 7 nitrogen and oxygen atoms in total. The molecule has 0 aromatic carbocycles. The zero-order valence-electron chi connectivity index (χ0n) is 10.5. The first kappa shape index (κ1) is 13.3. The summed E-state index contributed by atoms with van der Waals surface area (Å²) in [5.41, 5.74) is 6.90. The topological polar surface area (TPSA) is 99.9 Å². The average Bonchev–Trinajstić information content (AvgIpc) is 2.61. The van der Waals surface area contributed by atoms with E-state index in [4.69, 9.17) is 16.0 Å². The summed E-state index contributed by atoms with van der Waals surface area (Å²) in [4.78, 5) is 1.84. The van der Waals surface area contributed by atoms with Crippen LogP contribution in [0.5, 0.6) is 0 Å². The van der Waals surface area contributed by atoms with Gasteiger partial charge >= 0.3 is 0 Å². The smallest absolute Gasteiger partial charge is 0.175 e. The Hall–Kier alpha value is -1.76. The van der Waals surface area contributed by atoms with Crippen LogP contribution in [0.4, 0.5) is 5.82 Å². The lowest BCUT2D eigenvalue weighted by Crippen LogP contribution is -2.35. The van der Waals surface area contributed by atoms with Crippen molar-refractivity contribution in [2.24, 2.45) is 17.9 Å². The Balaban J connectivity index is 3.32. The number of oxime groups is 1. The molecule has 0 bridgehead atoms. The highest BCUT2D eigenvalue weighted by molar-refractivity contribution is 6.02. The first-order valence-electron chi connectivity index (χ1n) is 5.29. The molecule has 1 unspecified atom stereocenters. The SMILES string of the molecule is Cc1nn(C)c(N(C)C(C)CO)c1C(N)=NO. The van der Waals surface area contributed by atoms with Crippen molar-refractivity contribution in [3.63, 3.8) is 0 Å². The summed E-state index contributed by atoms with van der Waals surface area (Å²) in [6.07, 6.45) is 0. The lowest BCUT2D eigenvalue weighted by molar-refractivity contribution is 0.269. The van der Waals surface area contributed by atoms with Gasteiger partial charge in [0.2, 0.25) is 0 Å². The van der Waals surface area contributed by atoms with Crippen LogP contribution >= 0.6 is 0 Å². The van der Waals surface area contributed by atoms with Crippen LogP contribution in [-0.2, 0) is 7.05 Å². The van der Waals surface area contributed by atoms with E-state index in [1.54, 1.807) is 18.7 Å². The lowest BCUT2D eigenvalue weighted by Gasteiger charge is -2.26. The molecule has 0 saturated heterocycles. The van der Waals surface area contributed by atoms with Crippen LogP contribution < -0.4 is 10.6 Å². The first-order valence-corrected chi connectivity index (χ1v) is 5.29. The van der Waals surface area contributed by atoms with Gasteiger partial charge in [0.15, 0.2) is 5.84 Å². The fourth-order valence-corrected chi connectivity index (χ4v) is 1.73. The minimum Gasteiger partial charge on any atom is -0.409 e. The van der Waals surface area contributed by atoms with Gasteiger partial charge in [0.25, 0.3) is 0 Å². The molecule has 0 saturated carbocycles. The van der Waals surface area contributed by atoms with E-state index in [0.717, 1.165) is 0 Å². The van der Waals surface area contributed by atoms with E-state index >= 15 is 0 Å². The molecule has 0 radical (unpaired) electrons. The van der Waals surface area contributed by atoms with Gasteiger partial charge in [-0.15, -0.1) is 0 Å². The Labute approximate surface area is 100 Å². The third-order valence-electron chi connectivity index (χ3n) is 2.82. The van der Waals surface area contributed by atoms with Crippen LogP contribution in [-0.4, -0.2) is 45.6 Å². The number of aliphatic hydroxyl groups excluding tert-OH is 1. The summed E-state index contributed by atoms with van der Waals surface area (Å²) < 4.78 is 1.65. The second-order valence-electron chi connectivity index (χ2n) is 4.04. The summed E-state index contributed by atoms with van der Waals surface area (Å²) in [6.45, 7) is 3.67. The Kier molecular flexibility index (Phi) is 3.95. The average molecular weight is 241 g/mol. The Morgan fingerprint density at radius 3 is 2.71 bits per heavy atom. The van der Waals surface area contributed by atoms with E-state index in [0.29, 0.717) is 17.1 Å². The predicted molar refractivity (Wildman–Crippen MR) is 65.4 cm³/mol. The van der Waals surface area contributed by atoms with Gasteiger partial charge in [-0.25, -0.2) is 0 Å². The third-order valence-corrected chi connectivity index (χ3v) is 2.82.